The van der Waals surface area contributed by atoms with Crippen LogP contribution in [-0.4, -0.2) is 11.0 Å². The van der Waals surface area contributed by atoms with Crippen molar-refractivity contribution in [2.45, 2.75) is 13.3 Å². The molecule has 2 aromatic rings. The maximum atomic E-state index is 12.0. The molecule has 0 saturated carbocycles. The molecular formula is C16H15Cl2N3OS. The molecule has 0 aliphatic carbocycles. The third-order valence-corrected chi connectivity index (χ3v) is 3.67. The molecule has 0 radical (unpaired) electrons. The van der Waals surface area contributed by atoms with Crippen LogP contribution in [0.15, 0.2) is 42.5 Å². The molecule has 0 aromatic heterocycles. The van der Waals surface area contributed by atoms with Crippen molar-refractivity contribution >= 4 is 52.1 Å². The average Bonchev–Trinajstić information content (AvgIpc) is 2.51. The summed E-state index contributed by atoms with van der Waals surface area (Å²) in [6.07, 6.45) is 0.927. The van der Waals surface area contributed by atoms with Crippen LogP contribution in [-0.2, 0) is 6.42 Å². The Bertz CT molecular complexity index is 700. The Hall–Kier alpha value is -1.82. The maximum Gasteiger partial charge on any atom is 0.269 e. The van der Waals surface area contributed by atoms with Crippen molar-refractivity contribution in [3.63, 3.8) is 0 Å². The van der Waals surface area contributed by atoms with Crippen molar-refractivity contribution in [2.75, 3.05) is 5.32 Å². The summed E-state index contributed by atoms with van der Waals surface area (Å²) >= 11 is 16.9. The Labute approximate surface area is 150 Å². The number of aryl methyl sites for hydroxylation is 1. The molecule has 0 spiro atoms. The van der Waals surface area contributed by atoms with Crippen LogP contribution in [0.4, 0.5) is 5.69 Å². The fourth-order valence-electron chi connectivity index (χ4n) is 1.87. The molecule has 0 unspecified atom stereocenters. The molecule has 2 rings (SSSR count). The molecule has 0 aliphatic heterocycles. The highest BCUT2D eigenvalue weighted by molar-refractivity contribution is 7.80. The number of amides is 1. The molecule has 23 heavy (non-hydrogen) atoms. The number of anilines is 1. The van der Waals surface area contributed by atoms with E-state index in [2.05, 4.69) is 23.1 Å². The monoisotopic (exact) mass is 367 g/mol. The lowest BCUT2D eigenvalue weighted by Crippen LogP contribution is -2.43. The van der Waals surface area contributed by atoms with Gasteiger partial charge in [-0.25, -0.2) is 0 Å². The second-order valence-corrected chi connectivity index (χ2v) is 6.02. The van der Waals surface area contributed by atoms with Crippen molar-refractivity contribution < 1.29 is 4.79 Å². The summed E-state index contributed by atoms with van der Waals surface area (Å²) in [6.45, 7) is 2.06. The van der Waals surface area contributed by atoms with Crippen LogP contribution in [0.25, 0.3) is 0 Å². The predicted molar refractivity (Wildman–Crippen MR) is 99.1 cm³/mol. The van der Waals surface area contributed by atoms with Gasteiger partial charge in [-0.05, 0) is 54.5 Å². The van der Waals surface area contributed by atoms with E-state index in [9.17, 15) is 4.79 Å². The zero-order chi connectivity index (χ0) is 16.8. The van der Waals surface area contributed by atoms with Crippen molar-refractivity contribution in [3.05, 3.63) is 63.6 Å². The van der Waals surface area contributed by atoms with Crippen LogP contribution in [0.3, 0.4) is 0 Å². The van der Waals surface area contributed by atoms with Crippen LogP contribution < -0.4 is 16.2 Å². The van der Waals surface area contributed by atoms with Crippen molar-refractivity contribution in [2.24, 2.45) is 0 Å². The zero-order valence-electron chi connectivity index (χ0n) is 12.3. The number of benzene rings is 2. The summed E-state index contributed by atoms with van der Waals surface area (Å²) in [7, 11) is 0. The first-order valence-corrected chi connectivity index (χ1v) is 8.06. The van der Waals surface area contributed by atoms with Crippen LogP contribution in [0.2, 0.25) is 10.0 Å². The lowest BCUT2D eigenvalue weighted by atomic mass is 10.1. The number of thiocarbonyl (C=S) groups is 1. The summed E-state index contributed by atoms with van der Waals surface area (Å²) in [5, 5.41) is 4.09. The number of nitrogens with one attached hydrogen (secondary N) is 3. The van der Waals surface area contributed by atoms with Gasteiger partial charge >= 0.3 is 0 Å². The smallest absolute Gasteiger partial charge is 0.269 e. The summed E-state index contributed by atoms with van der Waals surface area (Å²) in [5.41, 5.74) is 7.50. The van der Waals surface area contributed by atoms with E-state index in [-0.39, 0.29) is 11.0 Å². The van der Waals surface area contributed by atoms with Crippen LogP contribution in [0.5, 0.6) is 0 Å². The first-order valence-electron chi connectivity index (χ1n) is 6.90. The van der Waals surface area contributed by atoms with E-state index in [1.165, 1.54) is 5.56 Å². The second-order valence-electron chi connectivity index (χ2n) is 4.74. The molecule has 0 saturated heterocycles. The molecule has 0 aliphatic rings. The Morgan fingerprint density at radius 1 is 1.04 bits per heavy atom. The quantitative estimate of drug-likeness (QED) is 0.562. The van der Waals surface area contributed by atoms with Gasteiger partial charge in [-0.15, -0.1) is 0 Å². The minimum absolute atomic E-state index is 0.224. The van der Waals surface area contributed by atoms with Crippen LogP contribution in [0, 0.1) is 0 Å². The summed E-state index contributed by atoms with van der Waals surface area (Å²) in [4.78, 5) is 12.0. The number of rotatable bonds is 3. The zero-order valence-corrected chi connectivity index (χ0v) is 14.6. The summed E-state index contributed by atoms with van der Waals surface area (Å²) in [6, 6.07) is 12.3. The normalized spacial score (nSPS) is 10.0. The maximum absolute atomic E-state index is 12.0. The minimum atomic E-state index is -0.277. The van der Waals surface area contributed by atoms with E-state index in [1.54, 1.807) is 30.3 Å². The van der Waals surface area contributed by atoms with Gasteiger partial charge in [-0.1, -0.05) is 42.3 Å². The Kier molecular flexibility index (Phi) is 6.21. The molecule has 1 amide bonds. The minimum Gasteiger partial charge on any atom is -0.331 e. The summed E-state index contributed by atoms with van der Waals surface area (Å²) in [5.74, 6) is -0.277. The Morgan fingerprint density at radius 3 is 2.22 bits per heavy atom. The molecule has 120 valence electrons. The van der Waals surface area contributed by atoms with Gasteiger partial charge in [0.15, 0.2) is 5.11 Å². The average molecular weight is 368 g/mol. The number of carbonyl (C=O) groups excluding carboxylic acids is 1. The van der Waals surface area contributed by atoms with Gasteiger partial charge in [0.25, 0.3) is 5.91 Å². The summed E-state index contributed by atoms with van der Waals surface area (Å²) < 4.78 is 0. The standard InChI is InChI=1S/C16H15Cl2N3OS/c1-2-10-3-5-11(6-4-10)15(22)20-21-16(23)19-14-8-12(17)7-13(18)9-14/h3-9H,2H2,1H3,(H,20,22)(H2,19,21,23). The molecule has 0 fully saturated rings. The van der Waals surface area contributed by atoms with E-state index in [0.717, 1.165) is 6.42 Å². The number of halogens is 2. The van der Waals surface area contributed by atoms with Gasteiger partial charge < -0.3 is 5.32 Å². The third kappa shape index (κ3) is 5.39. The van der Waals surface area contributed by atoms with E-state index in [0.29, 0.717) is 21.3 Å². The molecule has 0 bridgehead atoms. The number of carbonyl (C=O) groups is 1. The molecule has 0 heterocycles. The fourth-order valence-corrected chi connectivity index (χ4v) is 2.56. The molecule has 4 nitrogen and oxygen atoms in total. The van der Waals surface area contributed by atoms with Gasteiger partial charge in [0.2, 0.25) is 0 Å². The highest BCUT2D eigenvalue weighted by Crippen LogP contribution is 2.22. The van der Waals surface area contributed by atoms with E-state index in [1.807, 2.05) is 12.1 Å². The highest BCUT2D eigenvalue weighted by Gasteiger charge is 2.06. The van der Waals surface area contributed by atoms with Crippen molar-refractivity contribution in [1.82, 2.24) is 10.9 Å². The fraction of sp³-hybridized carbons (Fsp3) is 0.125. The number of hydrogen-bond donors (Lipinski definition) is 3. The third-order valence-electron chi connectivity index (χ3n) is 3.03. The van der Waals surface area contributed by atoms with Gasteiger partial charge in [0.1, 0.15) is 0 Å². The van der Waals surface area contributed by atoms with E-state index < -0.39 is 0 Å². The first kappa shape index (κ1) is 17.5. The van der Waals surface area contributed by atoms with Gasteiger partial charge in [0, 0.05) is 21.3 Å². The number of hydrogen-bond acceptors (Lipinski definition) is 2. The molecule has 0 atom stereocenters. The van der Waals surface area contributed by atoms with E-state index >= 15 is 0 Å². The SMILES string of the molecule is CCc1ccc(C(=O)NNC(=S)Nc2cc(Cl)cc(Cl)c2)cc1. The van der Waals surface area contributed by atoms with Crippen LogP contribution >= 0.6 is 35.4 Å². The Balaban J connectivity index is 1.89. The highest BCUT2D eigenvalue weighted by atomic mass is 35.5. The van der Waals surface area contributed by atoms with Gasteiger partial charge in [-0.3, -0.25) is 15.6 Å². The lowest BCUT2D eigenvalue weighted by molar-refractivity contribution is 0.0944. The van der Waals surface area contributed by atoms with Gasteiger partial charge in [0.05, 0.1) is 0 Å². The van der Waals surface area contributed by atoms with E-state index in [4.69, 9.17) is 35.4 Å². The van der Waals surface area contributed by atoms with Crippen LogP contribution in [0.1, 0.15) is 22.8 Å². The molecule has 3 N–H and O–H groups in total. The first-order chi connectivity index (χ1) is 11.0. The lowest BCUT2D eigenvalue weighted by Gasteiger charge is -2.12. The van der Waals surface area contributed by atoms with Crippen molar-refractivity contribution in [3.8, 4) is 0 Å². The largest absolute Gasteiger partial charge is 0.331 e. The molecular weight excluding hydrogens is 353 g/mol. The Morgan fingerprint density at radius 2 is 1.65 bits per heavy atom. The van der Waals surface area contributed by atoms with Crippen molar-refractivity contribution in [1.29, 1.82) is 0 Å². The topological polar surface area (TPSA) is 53.2 Å². The predicted octanol–water partition coefficient (Wildman–Crippen LogP) is 4.19. The molecule has 7 heteroatoms. The van der Waals surface area contributed by atoms with Gasteiger partial charge in [-0.2, -0.15) is 0 Å². The second kappa shape index (κ2) is 8.15. The molecule has 2 aromatic carbocycles. The number of hydrazine groups is 1.